The van der Waals surface area contributed by atoms with E-state index in [1.807, 2.05) is 0 Å². The molecular weight excluding hydrogens is 198 g/mol. The number of hydrogen-bond donors (Lipinski definition) is 1. The van der Waals surface area contributed by atoms with Gasteiger partial charge >= 0.3 is 0 Å². The minimum atomic E-state index is 0.323. The molecule has 0 radical (unpaired) electrons. The van der Waals surface area contributed by atoms with Crippen molar-refractivity contribution in [3.63, 3.8) is 0 Å². The van der Waals surface area contributed by atoms with Gasteiger partial charge in [-0.15, -0.1) is 0 Å². The fraction of sp³-hybridized carbons (Fsp3) is 0.571. The van der Waals surface area contributed by atoms with Crippen molar-refractivity contribution in [2.24, 2.45) is 0 Å². The van der Waals surface area contributed by atoms with Crippen LogP contribution in [0, 0.1) is 13.8 Å². The summed E-state index contributed by atoms with van der Waals surface area (Å²) in [5.74, 6) is 0. The van der Waals surface area contributed by atoms with Crippen LogP contribution in [0.2, 0.25) is 0 Å². The lowest BCUT2D eigenvalue weighted by Crippen LogP contribution is -2.21. The summed E-state index contributed by atoms with van der Waals surface area (Å²) in [6.45, 7) is 11.0. The van der Waals surface area contributed by atoms with E-state index < -0.39 is 0 Å². The van der Waals surface area contributed by atoms with Gasteiger partial charge in [-0.2, -0.15) is 0 Å². The average Bonchev–Trinajstić information content (AvgIpc) is 2.22. The van der Waals surface area contributed by atoms with Gasteiger partial charge < -0.3 is 10.1 Å². The fourth-order valence-corrected chi connectivity index (χ4v) is 1.51. The molecule has 2 nitrogen and oxygen atoms in total. The summed E-state index contributed by atoms with van der Waals surface area (Å²) in [5.41, 5.74) is 4.05. The zero-order valence-electron chi connectivity index (χ0n) is 10.8. The van der Waals surface area contributed by atoms with E-state index >= 15 is 0 Å². The van der Waals surface area contributed by atoms with E-state index in [0.29, 0.717) is 6.10 Å². The smallest absolute Gasteiger partial charge is 0.0594 e. The molecule has 0 aliphatic rings. The van der Waals surface area contributed by atoms with Gasteiger partial charge in [0, 0.05) is 13.1 Å². The van der Waals surface area contributed by atoms with Gasteiger partial charge in [0.25, 0.3) is 0 Å². The fourth-order valence-electron chi connectivity index (χ4n) is 1.51. The summed E-state index contributed by atoms with van der Waals surface area (Å²) in [5, 5.41) is 3.38. The van der Waals surface area contributed by atoms with Crippen LogP contribution >= 0.6 is 0 Å². The van der Waals surface area contributed by atoms with Gasteiger partial charge in [-0.05, 0) is 44.4 Å². The SMILES string of the molecule is Cc1ccc(CNCCOC(C)C)cc1C. The quantitative estimate of drug-likeness (QED) is 0.746. The Bertz CT molecular complexity index is 321. The number of ether oxygens (including phenoxy) is 1. The topological polar surface area (TPSA) is 21.3 Å². The van der Waals surface area contributed by atoms with E-state index in [1.54, 1.807) is 0 Å². The third-order valence-corrected chi connectivity index (χ3v) is 2.63. The molecule has 0 bridgehead atoms. The Hall–Kier alpha value is -0.860. The van der Waals surface area contributed by atoms with Gasteiger partial charge in [0.1, 0.15) is 0 Å². The van der Waals surface area contributed by atoms with Crippen molar-refractivity contribution in [3.05, 3.63) is 34.9 Å². The second-order valence-corrected chi connectivity index (χ2v) is 4.51. The molecule has 0 amide bonds. The van der Waals surface area contributed by atoms with Gasteiger partial charge in [0.2, 0.25) is 0 Å². The molecule has 0 aliphatic heterocycles. The van der Waals surface area contributed by atoms with Crippen molar-refractivity contribution in [3.8, 4) is 0 Å². The van der Waals surface area contributed by atoms with Crippen LogP contribution in [0.1, 0.15) is 30.5 Å². The molecule has 0 aliphatic carbocycles. The molecular formula is C14H23NO. The zero-order chi connectivity index (χ0) is 12.0. The van der Waals surface area contributed by atoms with Crippen molar-refractivity contribution in [2.75, 3.05) is 13.2 Å². The van der Waals surface area contributed by atoms with Crippen LogP contribution in [0.5, 0.6) is 0 Å². The molecule has 1 rings (SSSR count). The Morgan fingerprint density at radius 2 is 1.94 bits per heavy atom. The van der Waals surface area contributed by atoms with Crippen LogP contribution in [0.25, 0.3) is 0 Å². The predicted molar refractivity (Wildman–Crippen MR) is 68.7 cm³/mol. The molecule has 0 saturated heterocycles. The van der Waals surface area contributed by atoms with Gasteiger partial charge in [0.05, 0.1) is 12.7 Å². The molecule has 1 aromatic rings. The molecule has 0 saturated carbocycles. The van der Waals surface area contributed by atoms with Crippen molar-refractivity contribution in [1.29, 1.82) is 0 Å². The monoisotopic (exact) mass is 221 g/mol. The predicted octanol–water partition coefficient (Wildman–Crippen LogP) is 2.82. The number of hydrogen-bond acceptors (Lipinski definition) is 2. The maximum atomic E-state index is 5.46. The van der Waals surface area contributed by atoms with Gasteiger partial charge in [-0.25, -0.2) is 0 Å². The molecule has 2 heteroatoms. The molecule has 0 spiro atoms. The molecule has 0 fully saturated rings. The summed E-state index contributed by atoms with van der Waals surface area (Å²) in [6.07, 6.45) is 0.323. The van der Waals surface area contributed by atoms with Crippen LogP contribution in [-0.2, 0) is 11.3 Å². The standard InChI is InChI=1S/C14H23NO/c1-11(2)16-8-7-15-10-14-6-5-12(3)13(4)9-14/h5-6,9,11,15H,7-8,10H2,1-4H3. The van der Waals surface area contributed by atoms with Crippen LogP contribution in [0.15, 0.2) is 18.2 Å². The first-order valence-corrected chi connectivity index (χ1v) is 5.98. The highest BCUT2D eigenvalue weighted by atomic mass is 16.5. The van der Waals surface area contributed by atoms with Gasteiger partial charge in [0.15, 0.2) is 0 Å². The number of aryl methyl sites for hydroxylation is 2. The van der Waals surface area contributed by atoms with Gasteiger partial charge in [-0.3, -0.25) is 0 Å². The molecule has 1 N–H and O–H groups in total. The minimum Gasteiger partial charge on any atom is -0.377 e. The number of rotatable bonds is 6. The molecule has 16 heavy (non-hydrogen) atoms. The lowest BCUT2D eigenvalue weighted by atomic mass is 10.1. The van der Waals surface area contributed by atoms with Crippen LogP contribution < -0.4 is 5.32 Å². The molecule has 0 heterocycles. The number of benzene rings is 1. The van der Waals surface area contributed by atoms with Crippen molar-refractivity contribution in [2.45, 2.75) is 40.3 Å². The first kappa shape index (κ1) is 13.2. The normalized spacial score (nSPS) is 11.1. The summed E-state index contributed by atoms with van der Waals surface area (Å²) >= 11 is 0. The molecule has 0 atom stereocenters. The lowest BCUT2D eigenvalue weighted by molar-refractivity contribution is 0.0807. The van der Waals surface area contributed by atoms with E-state index in [9.17, 15) is 0 Å². The van der Waals surface area contributed by atoms with Crippen LogP contribution in [0.4, 0.5) is 0 Å². The minimum absolute atomic E-state index is 0.323. The highest BCUT2D eigenvalue weighted by Gasteiger charge is 1.97. The zero-order valence-corrected chi connectivity index (χ0v) is 10.8. The highest BCUT2D eigenvalue weighted by Crippen LogP contribution is 2.09. The summed E-state index contributed by atoms with van der Waals surface area (Å²) < 4.78 is 5.46. The molecule has 0 unspecified atom stereocenters. The Kier molecular flexibility index (Phi) is 5.50. The second kappa shape index (κ2) is 6.66. The first-order chi connectivity index (χ1) is 7.59. The first-order valence-electron chi connectivity index (χ1n) is 5.98. The maximum Gasteiger partial charge on any atom is 0.0594 e. The van der Waals surface area contributed by atoms with Gasteiger partial charge in [-0.1, -0.05) is 18.2 Å². The molecule has 90 valence electrons. The van der Waals surface area contributed by atoms with Crippen molar-refractivity contribution < 1.29 is 4.74 Å². The second-order valence-electron chi connectivity index (χ2n) is 4.51. The van der Waals surface area contributed by atoms with E-state index in [2.05, 4.69) is 51.2 Å². The summed E-state index contributed by atoms with van der Waals surface area (Å²) in [7, 11) is 0. The van der Waals surface area contributed by atoms with Crippen LogP contribution in [-0.4, -0.2) is 19.3 Å². The molecule has 1 aromatic carbocycles. The lowest BCUT2D eigenvalue weighted by Gasteiger charge is -2.09. The van der Waals surface area contributed by atoms with Crippen molar-refractivity contribution >= 4 is 0 Å². The largest absolute Gasteiger partial charge is 0.377 e. The average molecular weight is 221 g/mol. The van der Waals surface area contributed by atoms with E-state index in [-0.39, 0.29) is 0 Å². The summed E-state index contributed by atoms with van der Waals surface area (Å²) in [4.78, 5) is 0. The third kappa shape index (κ3) is 4.77. The van der Waals surface area contributed by atoms with E-state index in [1.165, 1.54) is 16.7 Å². The Morgan fingerprint density at radius 3 is 2.56 bits per heavy atom. The maximum absolute atomic E-state index is 5.46. The van der Waals surface area contributed by atoms with Crippen LogP contribution in [0.3, 0.4) is 0 Å². The third-order valence-electron chi connectivity index (χ3n) is 2.63. The van der Waals surface area contributed by atoms with E-state index in [0.717, 1.165) is 19.7 Å². The highest BCUT2D eigenvalue weighted by molar-refractivity contribution is 5.29. The number of nitrogens with one attached hydrogen (secondary N) is 1. The summed E-state index contributed by atoms with van der Waals surface area (Å²) in [6, 6.07) is 6.60. The van der Waals surface area contributed by atoms with E-state index in [4.69, 9.17) is 4.74 Å². The molecule has 0 aromatic heterocycles. The van der Waals surface area contributed by atoms with Crippen molar-refractivity contribution in [1.82, 2.24) is 5.32 Å². The Labute approximate surface area is 99.0 Å². The Morgan fingerprint density at radius 1 is 1.19 bits per heavy atom. The Balaban J connectivity index is 2.24.